The van der Waals surface area contributed by atoms with Crippen LogP contribution in [0.4, 0.5) is 5.69 Å². The standard InChI is InChI=1S/C21H23N3O4S/c1-16-7-8-19-18(13-16)20(25)21(26)24(19)15-22-9-11-23(12-10-22)29(27,28)14-17-5-3-2-4-6-17/h2-8,13H,9-12,14-15H2,1H3/p+1. The molecule has 0 atom stereocenters. The zero-order valence-electron chi connectivity index (χ0n) is 16.3. The van der Waals surface area contributed by atoms with Crippen LogP contribution < -0.4 is 9.80 Å². The Labute approximate surface area is 170 Å². The van der Waals surface area contributed by atoms with Crippen molar-refractivity contribution in [3.8, 4) is 0 Å². The minimum absolute atomic E-state index is 0.00495. The molecule has 29 heavy (non-hydrogen) atoms. The van der Waals surface area contributed by atoms with Crippen LogP contribution >= 0.6 is 0 Å². The Morgan fingerprint density at radius 2 is 1.69 bits per heavy atom. The molecule has 2 aliphatic rings. The molecule has 1 amide bonds. The van der Waals surface area contributed by atoms with Crippen LogP contribution in [0.5, 0.6) is 0 Å². The summed E-state index contributed by atoms with van der Waals surface area (Å²) in [4.78, 5) is 27.3. The average molecular weight is 415 g/mol. The van der Waals surface area contributed by atoms with E-state index >= 15 is 0 Å². The lowest BCUT2D eigenvalue weighted by Crippen LogP contribution is -3.16. The molecule has 7 nitrogen and oxygen atoms in total. The van der Waals surface area contributed by atoms with Gasteiger partial charge in [0.1, 0.15) is 0 Å². The first-order valence-electron chi connectivity index (χ1n) is 9.67. The topological polar surface area (TPSA) is 79.2 Å². The summed E-state index contributed by atoms with van der Waals surface area (Å²) in [6.45, 7) is 4.25. The highest BCUT2D eigenvalue weighted by Crippen LogP contribution is 2.28. The van der Waals surface area contributed by atoms with Crippen molar-refractivity contribution in [3.63, 3.8) is 0 Å². The minimum Gasteiger partial charge on any atom is -0.315 e. The molecular weight excluding hydrogens is 390 g/mol. The van der Waals surface area contributed by atoms with Gasteiger partial charge in [0.15, 0.2) is 6.67 Å². The molecule has 2 aromatic rings. The van der Waals surface area contributed by atoms with E-state index in [9.17, 15) is 18.0 Å². The molecule has 1 N–H and O–H groups in total. The average Bonchev–Trinajstić information content (AvgIpc) is 2.93. The molecule has 2 aromatic carbocycles. The zero-order chi connectivity index (χ0) is 20.6. The van der Waals surface area contributed by atoms with Crippen LogP contribution in [0, 0.1) is 6.92 Å². The monoisotopic (exact) mass is 414 g/mol. The highest BCUT2D eigenvalue weighted by molar-refractivity contribution is 7.88. The lowest BCUT2D eigenvalue weighted by Gasteiger charge is -2.33. The van der Waals surface area contributed by atoms with Crippen LogP contribution in [0.15, 0.2) is 48.5 Å². The number of carbonyl (C=O) groups excluding carboxylic acids is 2. The van der Waals surface area contributed by atoms with Crippen molar-refractivity contribution in [2.24, 2.45) is 0 Å². The number of anilines is 1. The number of piperazine rings is 1. The van der Waals surface area contributed by atoms with Crippen molar-refractivity contribution in [2.45, 2.75) is 12.7 Å². The summed E-state index contributed by atoms with van der Waals surface area (Å²) < 4.78 is 26.9. The number of ketones is 1. The Kier molecular flexibility index (Phi) is 5.24. The van der Waals surface area contributed by atoms with Crippen LogP contribution in [0.1, 0.15) is 21.5 Å². The van der Waals surface area contributed by atoms with Crippen molar-refractivity contribution in [2.75, 3.05) is 37.7 Å². The minimum atomic E-state index is -3.37. The number of hydrogen-bond donors (Lipinski definition) is 1. The first kappa shape index (κ1) is 19.8. The van der Waals surface area contributed by atoms with E-state index in [0.717, 1.165) is 16.0 Å². The van der Waals surface area contributed by atoms with Gasteiger partial charge in [-0.25, -0.2) is 8.42 Å². The Balaban J connectivity index is 1.40. The molecule has 0 unspecified atom stereocenters. The molecule has 0 saturated carbocycles. The fourth-order valence-corrected chi connectivity index (χ4v) is 5.44. The normalized spacial score (nSPS) is 18.3. The molecule has 0 aromatic heterocycles. The van der Waals surface area contributed by atoms with Gasteiger partial charge in [0.05, 0.1) is 43.2 Å². The summed E-state index contributed by atoms with van der Waals surface area (Å²) in [5.41, 5.74) is 2.82. The molecule has 2 heterocycles. The van der Waals surface area contributed by atoms with E-state index in [1.165, 1.54) is 9.21 Å². The van der Waals surface area contributed by atoms with E-state index in [2.05, 4.69) is 0 Å². The van der Waals surface area contributed by atoms with Gasteiger partial charge in [-0.2, -0.15) is 4.31 Å². The van der Waals surface area contributed by atoms with Gasteiger partial charge in [0, 0.05) is 0 Å². The van der Waals surface area contributed by atoms with Gasteiger partial charge in [0.2, 0.25) is 10.0 Å². The van der Waals surface area contributed by atoms with Crippen molar-refractivity contribution in [1.29, 1.82) is 0 Å². The summed E-state index contributed by atoms with van der Waals surface area (Å²) in [6, 6.07) is 14.6. The molecule has 0 bridgehead atoms. The largest absolute Gasteiger partial charge is 0.315 e. The highest BCUT2D eigenvalue weighted by atomic mass is 32.2. The van der Waals surface area contributed by atoms with Crippen LogP contribution in [0.3, 0.4) is 0 Å². The Morgan fingerprint density at radius 3 is 2.38 bits per heavy atom. The van der Waals surface area contributed by atoms with Crippen molar-refractivity contribution in [1.82, 2.24) is 4.31 Å². The number of benzene rings is 2. The number of amides is 1. The summed E-state index contributed by atoms with van der Waals surface area (Å²) in [7, 11) is -3.37. The lowest BCUT2D eigenvalue weighted by molar-refractivity contribution is -0.902. The summed E-state index contributed by atoms with van der Waals surface area (Å²) in [5, 5.41) is 0. The number of Topliss-reactive ketones (excluding diaryl/α,β-unsaturated/α-hetero) is 1. The molecule has 4 rings (SSSR count). The molecule has 1 saturated heterocycles. The molecule has 2 aliphatic heterocycles. The van der Waals surface area contributed by atoms with Gasteiger partial charge < -0.3 is 4.90 Å². The smallest absolute Gasteiger partial charge is 0.303 e. The fraction of sp³-hybridized carbons (Fsp3) is 0.333. The first-order valence-corrected chi connectivity index (χ1v) is 11.3. The first-order chi connectivity index (χ1) is 13.8. The number of aryl methyl sites for hydroxylation is 1. The van der Waals surface area contributed by atoms with Gasteiger partial charge in [0.25, 0.3) is 5.78 Å². The fourth-order valence-electron chi connectivity index (χ4n) is 3.91. The Hall–Kier alpha value is -2.55. The maximum absolute atomic E-state index is 12.7. The third kappa shape index (κ3) is 3.96. The molecule has 0 radical (unpaired) electrons. The highest BCUT2D eigenvalue weighted by Gasteiger charge is 2.39. The quantitative estimate of drug-likeness (QED) is 0.710. The lowest BCUT2D eigenvalue weighted by atomic mass is 10.1. The number of carbonyl (C=O) groups is 2. The summed E-state index contributed by atoms with van der Waals surface area (Å²) >= 11 is 0. The molecule has 152 valence electrons. The van der Waals surface area contributed by atoms with Crippen LogP contribution in [-0.4, -0.2) is 57.3 Å². The van der Waals surface area contributed by atoms with Crippen LogP contribution in [0.25, 0.3) is 0 Å². The second-order valence-electron chi connectivity index (χ2n) is 7.63. The third-order valence-electron chi connectivity index (χ3n) is 5.52. The second-order valence-corrected chi connectivity index (χ2v) is 9.60. The predicted molar refractivity (Wildman–Crippen MR) is 109 cm³/mol. The second kappa shape index (κ2) is 7.70. The van der Waals surface area contributed by atoms with E-state index in [4.69, 9.17) is 0 Å². The summed E-state index contributed by atoms with van der Waals surface area (Å²) in [6.07, 6.45) is 0. The van der Waals surface area contributed by atoms with Crippen molar-refractivity contribution in [3.05, 3.63) is 65.2 Å². The molecule has 0 spiro atoms. The van der Waals surface area contributed by atoms with E-state index in [1.807, 2.05) is 49.4 Å². The van der Waals surface area contributed by atoms with Gasteiger partial charge in [-0.05, 0) is 24.6 Å². The molecule has 8 heteroatoms. The molecular formula is C21H24N3O4S+. The maximum Gasteiger partial charge on any atom is 0.303 e. The number of hydrogen-bond acceptors (Lipinski definition) is 4. The van der Waals surface area contributed by atoms with Crippen molar-refractivity contribution < 1.29 is 22.9 Å². The Morgan fingerprint density at radius 1 is 1.00 bits per heavy atom. The number of rotatable bonds is 5. The Bertz CT molecular complexity index is 1040. The van der Waals surface area contributed by atoms with Gasteiger partial charge in [-0.1, -0.05) is 42.0 Å². The predicted octanol–water partition coefficient (Wildman–Crippen LogP) is 0.212. The number of sulfonamides is 1. The van der Waals surface area contributed by atoms with E-state index in [1.54, 1.807) is 6.07 Å². The van der Waals surface area contributed by atoms with Crippen molar-refractivity contribution >= 4 is 27.4 Å². The van der Waals surface area contributed by atoms with Gasteiger partial charge >= 0.3 is 5.91 Å². The van der Waals surface area contributed by atoms with E-state index in [-0.39, 0.29) is 5.75 Å². The third-order valence-corrected chi connectivity index (χ3v) is 7.37. The maximum atomic E-state index is 12.7. The number of quaternary nitrogens is 1. The number of fused-ring (bicyclic) bond motifs is 1. The van der Waals surface area contributed by atoms with E-state index < -0.39 is 21.7 Å². The van der Waals surface area contributed by atoms with Gasteiger partial charge in [-0.3, -0.25) is 14.5 Å². The van der Waals surface area contributed by atoms with Crippen LogP contribution in [-0.2, 0) is 20.6 Å². The SMILES string of the molecule is Cc1ccc2c(c1)C(=O)C(=O)N2C[NH+]1CCN(S(=O)(=O)Cc2ccccc2)CC1. The van der Waals surface area contributed by atoms with E-state index in [0.29, 0.717) is 44.1 Å². The molecule has 0 aliphatic carbocycles. The number of nitrogens with one attached hydrogen (secondary N) is 1. The summed E-state index contributed by atoms with van der Waals surface area (Å²) in [5.74, 6) is -0.973. The molecule has 1 fully saturated rings. The zero-order valence-corrected chi connectivity index (χ0v) is 17.1. The van der Waals surface area contributed by atoms with Gasteiger partial charge in [-0.15, -0.1) is 0 Å². The number of nitrogens with zero attached hydrogens (tertiary/aromatic N) is 2. The van der Waals surface area contributed by atoms with Crippen LogP contribution in [0.2, 0.25) is 0 Å².